The molecule has 1 saturated heterocycles. The van der Waals surface area contributed by atoms with Gasteiger partial charge < -0.3 is 16.5 Å². The van der Waals surface area contributed by atoms with Crippen LogP contribution in [0.15, 0.2) is 67.0 Å². The molecule has 0 radical (unpaired) electrons. The van der Waals surface area contributed by atoms with Crippen molar-refractivity contribution in [1.29, 1.82) is 10.8 Å². The molecule has 2 aromatic carbocycles. The van der Waals surface area contributed by atoms with Gasteiger partial charge in [-0.2, -0.15) is 11.8 Å². The Morgan fingerprint density at radius 1 is 1.06 bits per heavy atom. The fourth-order valence-corrected chi connectivity index (χ4v) is 4.94. The van der Waals surface area contributed by atoms with Gasteiger partial charge in [0, 0.05) is 54.0 Å². The van der Waals surface area contributed by atoms with Gasteiger partial charge >= 0.3 is 0 Å². The maximum Gasteiger partial charge on any atom is 0.0844 e. The molecule has 31 heavy (non-hydrogen) atoms. The van der Waals surface area contributed by atoms with Crippen molar-refractivity contribution in [2.24, 2.45) is 0 Å². The van der Waals surface area contributed by atoms with Crippen molar-refractivity contribution in [3.63, 3.8) is 0 Å². The third-order valence-corrected chi connectivity index (χ3v) is 6.68. The van der Waals surface area contributed by atoms with Crippen molar-refractivity contribution in [3.8, 4) is 11.1 Å². The molecule has 1 aromatic heterocycles. The molecule has 0 saturated carbocycles. The quantitative estimate of drug-likeness (QED) is 0.312. The van der Waals surface area contributed by atoms with Crippen LogP contribution in [0.4, 0.5) is 5.69 Å². The Bertz CT molecular complexity index is 1070. The van der Waals surface area contributed by atoms with E-state index in [1.54, 1.807) is 18.5 Å². The predicted molar refractivity (Wildman–Crippen MR) is 131 cm³/mol. The van der Waals surface area contributed by atoms with Crippen LogP contribution in [0, 0.1) is 10.8 Å². The van der Waals surface area contributed by atoms with Crippen LogP contribution in [0.3, 0.4) is 0 Å². The molecule has 1 aliphatic heterocycles. The summed E-state index contributed by atoms with van der Waals surface area (Å²) in [5.41, 5.74) is 11.8. The highest BCUT2D eigenvalue weighted by Crippen LogP contribution is 2.24. The standard InChI is InChI=1S/C25H27N5S/c26-23-7-6-19(20-5-2-9-29-15-20)13-22(23)25(28)24(27)12-17-3-1-4-18(11-17)14-30-21-8-10-31-16-21/h1-7,9,11,13,15,21,27-28,30H,8,10,12,14,16,26H2. The molecule has 5 nitrogen and oxygen atoms in total. The number of rotatable bonds is 8. The second-order valence-electron chi connectivity index (χ2n) is 7.84. The summed E-state index contributed by atoms with van der Waals surface area (Å²) in [6, 6.07) is 18.3. The van der Waals surface area contributed by atoms with Gasteiger partial charge in [0.15, 0.2) is 0 Å². The second kappa shape index (κ2) is 9.90. The predicted octanol–water partition coefficient (Wildman–Crippen LogP) is 4.56. The molecule has 1 atom stereocenters. The number of hydrogen-bond donors (Lipinski definition) is 4. The van der Waals surface area contributed by atoms with Gasteiger partial charge in [0.2, 0.25) is 0 Å². The number of hydrogen-bond acceptors (Lipinski definition) is 6. The third-order valence-electron chi connectivity index (χ3n) is 5.52. The molecule has 5 N–H and O–H groups in total. The van der Waals surface area contributed by atoms with Crippen molar-refractivity contribution in [2.45, 2.75) is 25.4 Å². The highest BCUT2D eigenvalue weighted by Gasteiger charge is 2.16. The zero-order valence-electron chi connectivity index (χ0n) is 17.4. The van der Waals surface area contributed by atoms with E-state index in [0.29, 0.717) is 23.7 Å². The minimum absolute atomic E-state index is 0.162. The van der Waals surface area contributed by atoms with E-state index in [0.717, 1.165) is 23.2 Å². The minimum Gasteiger partial charge on any atom is -0.398 e. The monoisotopic (exact) mass is 429 g/mol. The number of thioether (sulfide) groups is 1. The number of aromatic nitrogens is 1. The highest BCUT2D eigenvalue weighted by atomic mass is 32.2. The molecule has 1 aliphatic rings. The van der Waals surface area contributed by atoms with E-state index in [1.807, 2.05) is 48.2 Å². The van der Waals surface area contributed by atoms with Gasteiger partial charge in [0.25, 0.3) is 0 Å². The summed E-state index contributed by atoms with van der Waals surface area (Å²) in [7, 11) is 0. The highest BCUT2D eigenvalue weighted by molar-refractivity contribution is 7.99. The van der Waals surface area contributed by atoms with Crippen LogP contribution >= 0.6 is 11.8 Å². The van der Waals surface area contributed by atoms with Crippen molar-refractivity contribution in [3.05, 3.63) is 83.7 Å². The van der Waals surface area contributed by atoms with Gasteiger partial charge in [0.1, 0.15) is 0 Å². The molecular weight excluding hydrogens is 402 g/mol. The van der Waals surface area contributed by atoms with E-state index >= 15 is 0 Å². The van der Waals surface area contributed by atoms with Gasteiger partial charge in [0.05, 0.1) is 11.4 Å². The molecule has 1 fully saturated rings. The first-order valence-electron chi connectivity index (χ1n) is 10.5. The van der Waals surface area contributed by atoms with E-state index < -0.39 is 0 Å². The molecule has 0 aliphatic carbocycles. The lowest BCUT2D eigenvalue weighted by atomic mass is 9.95. The topological polar surface area (TPSA) is 98.6 Å². The maximum absolute atomic E-state index is 8.60. The van der Waals surface area contributed by atoms with Crippen LogP contribution in [0.25, 0.3) is 11.1 Å². The lowest BCUT2D eigenvalue weighted by Gasteiger charge is -2.13. The Kier molecular flexibility index (Phi) is 6.79. The summed E-state index contributed by atoms with van der Waals surface area (Å²) >= 11 is 2.00. The van der Waals surface area contributed by atoms with E-state index in [9.17, 15) is 0 Å². The Labute approximate surface area is 187 Å². The zero-order chi connectivity index (χ0) is 21.6. The van der Waals surface area contributed by atoms with Gasteiger partial charge in [-0.25, -0.2) is 0 Å². The summed E-state index contributed by atoms with van der Waals surface area (Å²) < 4.78 is 0. The fraction of sp³-hybridized carbons (Fsp3) is 0.240. The van der Waals surface area contributed by atoms with Crippen LogP contribution in [0.2, 0.25) is 0 Å². The summed E-state index contributed by atoms with van der Waals surface area (Å²) in [6.45, 7) is 0.837. The molecule has 1 unspecified atom stereocenters. The maximum atomic E-state index is 8.60. The van der Waals surface area contributed by atoms with Crippen molar-refractivity contribution < 1.29 is 0 Å². The van der Waals surface area contributed by atoms with Gasteiger partial charge in [-0.05, 0) is 47.1 Å². The summed E-state index contributed by atoms with van der Waals surface area (Å²) in [5, 5.41) is 20.8. The molecule has 2 heterocycles. The number of benzene rings is 2. The first-order valence-corrected chi connectivity index (χ1v) is 11.6. The molecule has 0 bridgehead atoms. The lowest BCUT2D eigenvalue weighted by Crippen LogP contribution is -2.28. The zero-order valence-corrected chi connectivity index (χ0v) is 18.2. The number of anilines is 1. The summed E-state index contributed by atoms with van der Waals surface area (Å²) in [6.07, 6.45) is 5.15. The van der Waals surface area contributed by atoms with E-state index in [-0.39, 0.29) is 11.4 Å². The smallest absolute Gasteiger partial charge is 0.0844 e. The number of nitrogens with two attached hydrogens (primary N) is 1. The summed E-state index contributed by atoms with van der Waals surface area (Å²) in [5.74, 6) is 2.42. The van der Waals surface area contributed by atoms with Crippen molar-refractivity contribution >= 4 is 28.9 Å². The normalized spacial score (nSPS) is 15.7. The molecule has 3 aromatic rings. The van der Waals surface area contributed by atoms with Gasteiger partial charge in [-0.3, -0.25) is 10.4 Å². The Balaban J connectivity index is 1.45. The Morgan fingerprint density at radius 3 is 2.71 bits per heavy atom. The third kappa shape index (κ3) is 5.40. The number of pyridine rings is 1. The van der Waals surface area contributed by atoms with E-state index in [2.05, 4.69) is 22.4 Å². The Hall–Kier alpha value is -2.96. The molecule has 4 rings (SSSR count). The largest absolute Gasteiger partial charge is 0.398 e. The lowest BCUT2D eigenvalue weighted by molar-refractivity contribution is 0.558. The van der Waals surface area contributed by atoms with E-state index in [4.69, 9.17) is 16.6 Å². The second-order valence-corrected chi connectivity index (χ2v) is 8.99. The average Bonchev–Trinajstić information content (AvgIpc) is 3.32. The number of nitrogens with one attached hydrogen (secondary N) is 3. The summed E-state index contributed by atoms with van der Waals surface area (Å²) in [4.78, 5) is 4.16. The van der Waals surface area contributed by atoms with Gasteiger partial charge in [-0.1, -0.05) is 36.4 Å². The van der Waals surface area contributed by atoms with Crippen molar-refractivity contribution in [1.82, 2.24) is 10.3 Å². The van der Waals surface area contributed by atoms with Crippen LogP contribution in [-0.4, -0.2) is 34.0 Å². The fourth-order valence-electron chi connectivity index (χ4n) is 3.75. The first kappa shape index (κ1) is 21.3. The van der Waals surface area contributed by atoms with Gasteiger partial charge in [-0.15, -0.1) is 0 Å². The Morgan fingerprint density at radius 2 is 1.94 bits per heavy atom. The first-order chi connectivity index (χ1) is 15.1. The molecule has 158 valence electrons. The average molecular weight is 430 g/mol. The molecule has 0 amide bonds. The van der Waals surface area contributed by atoms with Crippen molar-refractivity contribution in [2.75, 3.05) is 17.2 Å². The van der Waals surface area contributed by atoms with Crippen LogP contribution in [-0.2, 0) is 13.0 Å². The van der Waals surface area contributed by atoms with E-state index in [1.165, 1.54) is 23.5 Å². The molecular formula is C25H27N5S. The molecule has 6 heteroatoms. The minimum atomic E-state index is 0.162. The SMILES string of the molecule is N=C(Cc1cccc(CNC2CCSC2)c1)C(=N)c1cc(-c2cccnc2)ccc1N. The number of nitrogen functional groups attached to an aromatic ring is 1. The van der Waals surface area contributed by atoms with Crippen LogP contribution in [0.5, 0.6) is 0 Å². The number of nitrogens with zero attached hydrogens (tertiary/aromatic N) is 1. The van der Waals surface area contributed by atoms with Crippen LogP contribution in [0.1, 0.15) is 23.1 Å². The molecule has 0 spiro atoms. The van der Waals surface area contributed by atoms with Crippen LogP contribution < -0.4 is 11.1 Å².